The summed E-state index contributed by atoms with van der Waals surface area (Å²) in [4.78, 5) is 19.8. The lowest BCUT2D eigenvalue weighted by Crippen LogP contribution is -2.39. The standard InChI is InChI=1S/C19H25N3O/c1-14-6-9-18-20-16-8-7-15(12-17(16)22(18)13-14)19(23)21-10-4-2-3-5-11-21/h6,9,13,15H,2-5,7-8,10-12H2,1H3. The third-order valence-electron chi connectivity index (χ3n) is 5.38. The Morgan fingerprint density at radius 3 is 2.74 bits per heavy atom. The number of pyridine rings is 1. The average molecular weight is 311 g/mol. The van der Waals surface area contributed by atoms with Crippen molar-refractivity contribution in [1.29, 1.82) is 0 Å². The Balaban J connectivity index is 1.59. The Morgan fingerprint density at radius 1 is 1.17 bits per heavy atom. The molecular formula is C19H25N3O. The van der Waals surface area contributed by atoms with Gasteiger partial charge in [0.2, 0.25) is 5.91 Å². The van der Waals surface area contributed by atoms with E-state index >= 15 is 0 Å². The molecule has 1 atom stereocenters. The van der Waals surface area contributed by atoms with Crippen LogP contribution in [0.4, 0.5) is 0 Å². The second-order valence-electron chi connectivity index (χ2n) is 7.12. The molecule has 2 aromatic rings. The Bertz CT molecular complexity index is 726. The minimum absolute atomic E-state index is 0.140. The van der Waals surface area contributed by atoms with Gasteiger partial charge in [0.05, 0.1) is 5.69 Å². The van der Waals surface area contributed by atoms with Gasteiger partial charge in [-0.05, 0) is 44.2 Å². The average Bonchev–Trinajstić information content (AvgIpc) is 2.74. The lowest BCUT2D eigenvalue weighted by molar-refractivity contribution is -0.135. The van der Waals surface area contributed by atoms with Crippen molar-refractivity contribution in [2.75, 3.05) is 13.1 Å². The number of likely N-dealkylation sites (tertiary alicyclic amines) is 1. The fourth-order valence-electron chi connectivity index (χ4n) is 4.07. The quantitative estimate of drug-likeness (QED) is 0.811. The van der Waals surface area contributed by atoms with Crippen LogP contribution in [0.15, 0.2) is 18.3 Å². The second-order valence-corrected chi connectivity index (χ2v) is 7.12. The van der Waals surface area contributed by atoms with Gasteiger partial charge in [-0.15, -0.1) is 0 Å². The summed E-state index contributed by atoms with van der Waals surface area (Å²) in [5, 5.41) is 0. The van der Waals surface area contributed by atoms with Crippen molar-refractivity contribution in [2.45, 2.75) is 51.9 Å². The minimum Gasteiger partial charge on any atom is -0.342 e. The fraction of sp³-hybridized carbons (Fsp3) is 0.579. The van der Waals surface area contributed by atoms with Crippen LogP contribution in [-0.4, -0.2) is 33.3 Å². The third-order valence-corrected chi connectivity index (χ3v) is 5.38. The summed E-state index contributed by atoms with van der Waals surface area (Å²) in [5.74, 6) is 0.515. The first kappa shape index (κ1) is 14.7. The maximum atomic E-state index is 12.9. The van der Waals surface area contributed by atoms with E-state index in [-0.39, 0.29) is 5.92 Å². The second kappa shape index (κ2) is 5.99. The Kier molecular flexibility index (Phi) is 3.83. The molecule has 2 aliphatic rings. The highest BCUT2D eigenvalue weighted by atomic mass is 16.2. The van der Waals surface area contributed by atoms with Gasteiger partial charge in [0.15, 0.2) is 0 Å². The molecule has 0 spiro atoms. The van der Waals surface area contributed by atoms with Crippen LogP contribution in [0.25, 0.3) is 5.65 Å². The number of amides is 1. The summed E-state index contributed by atoms with van der Waals surface area (Å²) in [6, 6.07) is 4.19. The van der Waals surface area contributed by atoms with Crippen LogP contribution >= 0.6 is 0 Å². The molecule has 2 aromatic heterocycles. The molecule has 122 valence electrons. The number of nitrogens with zero attached hydrogens (tertiary/aromatic N) is 3. The molecule has 1 unspecified atom stereocenters. The zero-order valence-electron chi connectivity index (χ0n) is 13.9. The van der Waals surface area contributed by atoms with Crippen LogP contribution in [0, 0.1) is 12.8 Å². The van der Waals surface area contributed by atoms with Crippen molar-refractivity contribution in [3.63, 3.8) is 0 Å². The van der Waals surface area contributed by atoms with E-state index in [9.17, 15) is 4.79 Å². The van der Waals surface area contributed by atoms with Crippen LogP contribution in [-0.2, 0) is 17.6 Å². The molecule has 0 aromatic carbocycles. The van der Waals surface area contributed by atoms with Gasteiger partial charge in [-0.2, -0.15) is 0 Å². The molecule has 1 saturated heterocycles. The predicted octanol–water partition coefficient (Wildman–Crippen LogP) is 3.15. The topological polar surface area (TPSA) is 37.6 Å². The summed E-state index contributed by atoms with van der Waals surface area (Å²) in [7, 11) is 0. The molecule has 23 heavy (non-hydrogen) atoms. The van der Waals surface area contributed by atoms with Crippen LogP contribution in [0.3, 0.4) is 0 Å². The SMILES string of the molecule is Cc1ccc2nc3c(n2c1)CC(C(=O)N1CCCCCC1)CC3. The van der Waals surface area contributed by atoms with E-state index in [1.54, 1.807) is 0 Å². The first-order valence-corrected chi connectivity index (χ1v) is 8.97. The van der Waals surface area contributed by atoms with E-state index in [0.29, 0.717) is 5.91 Å². The summed E-state index contributed by atoms with van der Waals surface area (Å²) in [5.41, 5.74) is 4.70. The summed E-state index contributed by atoms with van der Waals surface area (Å²) in [6.07, 6.45) is 9.74. The van der Waals surface area contributed by atoms with Crippen LogP contribution in [0.2, 0.25) is 0 Å². The molecule has 1 fully saturated rings. The van der Waals surface area contributed by atoms with E-state index < -0.39 is 0 Å². The highest BCUT2D eigenvalue weighted by molar-refractivity contribution is 5.79. The van der Waals surface area contributed by atoms with Gasteiger partial charge in [0, 0.05) is 37.3 Å². The number of aromatic nitrogens is 2. The van der Waals surface area contributed by atoms with Gasteiger partial charge in [-0.25, -0.2) is 4.98 Å². The zero-order chi connectivity index (χ0) is 15.8. The molecule has 0 bridgehead atoms. The van der Waals surface area contributed by atoms with Crippen molar-refractivity contribution < 1.29 is 4.79 Å². The molecule has 1 amide bonds. The molecule has 4 nitrogen and oxygen atoms in total. The van der Waals surface area contributed by atoms with Gasteiger partial charge in [0.1, 0.15) is 5.65 Å². The smallest absolute Gasteiger partial charge is 0.226 e. The maximum Gasteiger partial charge on any atom is 0.226 e. The van der Waals surface area contributed by atoms with Crippen molar-refractivity contribution in [2.24, 2.45) is 5.92 Å². The number of rotatable bonds is 1. The van der Waals surface area contributed by atoms with Crippen LogP contribution in [0.5, 0.6) is 0 Å². The van der Waals surface area contributed by atoms with Crippen LogP contribution < -0.4 is 0 Å². The van der Waals surface area contributed by atoms with Gasteiger partial charge in [-0.1, -0.05) is 18.9 Å². The van der Waals surface area contributed by atoms with E-state index in [2.05, 4.69) is 34.6 Å². The highest BCUT2D eigenvalue weighted by Gasteiger charge is 2.31. The Hall–Kier alpha value is -1.84. The molecule has 0 N–H and O–H groups in total. The fourth-order valence-corrected chi connectivity index (χ4v) is 4.07. The Labute approximate surface area is 137 Å². The number of aryl methyl sites for hydroxylation is 2. The first-order chi connectivity index (χ1) is 11.2. The molecule has 1 aliphatic heterocycles. The first-order valence-electron chi connectivity index (χ1n) is 8.97. The van der Waals surface area contributed by atoms with E-state index in [4.69, 9.17) is 4.98 Å². The molecular weight excluding hydrogens is 286 g/mol. The van der Waals surface area contributed by atoms with Crippen LogP contribution in [0.1, 0.15) is 49.1 Å². The van der Waals surface area contributed by atoms with Gasteiger partial charge in [-0.3, -0.25) is 4.79 Å². The molecule has 4 heteroatoms. The van der Waals surface area contributed by atoms with Crippen molar-refractivity contribution in [1.82, 2.24) is 14.3 Å². The summed E-state index contributed by atoms with van der Waals surface area (Å²) < 4.78 is 2.20. The third kappa shape index (κ3) is 2.75. The van der Waals surface area contributed by atoms with E-state index in [1.807, 2.05) is 0 Å². The predicted molar refractivity (Wildman–Crippen MR) is 90.5 cm³/mol. The van der Waals surface area contributed by atoms with Crippen molar-refractivity contribution in [3.8, 4) is 0 Å². The largest absolute Gasteiger partial charge is 0.342 e. The normalized spacial score (nSPS) is 22.0. The maximum absolute atomic E-state index is 12.9. The van der Waals surface area contributed by atoms with E-state index in [1.165, 1.54) is 42.6 Å². The monoisotopic (exact) mass is 311 g/mol. The molecule has 0 radical (unpaired) electrons. The summed E-state index contributed by atoms with van der Waals surface area (Å²) in [6.45, 7) is 4.01. The molecule has 0 saturated carbocycles. The molecule has 4 rings (SSSR count). The van der Waals surface area contributed by atoms with Gasteiger partial charge in [0.25, 0.3) is 0 Å². The lowest BCUT2D eigenvalue weighted by atomic mass is 9.88. The van der Waals surface area contributed by atoms with E-state index in [0.717, 1.165) is 38.0 Å². The van der Waals surface area contributed by atoms with Crippen molar-refractivity contribution >= 4 is 11.6 Å². The zero-order valence-corrected chi connectivity index (χ0v) is 13.9. The van der Waals surface area contributed by atoms with Crippen molar-refractivity contribution in [3.05, 3.63) is 35.3 Å². The number of hydrogen-bond acceptors (Lipinski definition) is 2. The minimum atomic E-state index is 0.140. The number of carbonyl (C=O) groups is 1. The number of carbonyl (C=O) groups excluding carboxylic acids is 1. The Morgan fingerprint density at radius 2 is 1.96 bits per heavy atom. The highest BCUT2D eigenvalue weighted by Crippen LogP contribution is 2.28. The van der Waals surface area contributed by atoms with Gasteiger partial charge >= 0.3 is 0 Å². The molecule has 3 heterocycles. The number of fused-ring (bicyclic) bond motifs is 3. The van der Waals surface area contributed by atoms with Gasteiger partial charge < -0.3 is 9.30 Å². The lowest BCUT2D eigenvalue weighted by Gasteiger charge is -2.28. The number of hydrogen-bond donors (Lipinski definition) is 0. The summed E-state index contributed by atoms with van der Waals surface area (Å²) >= 11 is 0. The molecule has 1 aliphatic carbocycles. The number of imidazole rings is 1.